The molecule has 1 saturated heterocycles. The molecule has 0 bridgehead atoms. The molecule has 7 heteroatoms. The van der Waals surface area contributed by atoms with Crippen LogP contribution in [0.25, 0.3) is 0 Å². The summed E-state index contributed by atoms with van der Waals surface area (Å²) in [5.74, 6) is -0.987. The molecule has 0 saturated carbocycles. The predicted molar refractivity (Wildman–Crippen MR) is 69.0 cm³/mol. The van der Waals surface area contributed by atoms with Crippen molar-refractivity contribution in [1.82, 2.24) is 4.90 Å². The van der Waals surface area contributed by atoms with Gasteiger partial charge in [-0.25, -0.2) is 0 Å². The van der Waals surface area contributed by atoms with Gasteiger partial charge in [0.05, 0.1) is 6.54 Å². The molecule has 0 radical (unpaired) electrons. The van der Waals surface area contributed by atoms with Crippen LogP contribution in [0.4, 0.5) is 13.2 Å². The second kappa shape index (κ2) is 6.30. The van der Waals surface area contributed by atoms with Crippen LogP contribution in [-0.2, 0) is 9.53 Å². The van der Waals surface area contributed by atoms with E-state index in [1.807, 2.05) is 0 Å². The first kappa shape index (κ1) is 17.2. The van der Waals surface area contributed by atoms with Crippen molar-refractivity contribution in [2.75, 3.05) is 19.6 Å². The largest absolute Gasteiger partial charge is 0.459 e. The molecule has 2 unspecified atom stereocenters. The Bertz CT molecular complexity index is 339. The van der Waals surface area contributed by atoms with E-state index in [0.717, 1.165) is 0 Å². The fourth-order valence-corrected chi connectivity index (χ4v) is 2.51. The third-order valence-electron chi connectivity index (χ3n) is 2.94. The molecule has 0 aromatic carbocycles. The van der Waals surface area contributed by atoms with Gasteiger partial charge in [0, 0.05) is 25.6 Å². The minimum Gasteiger partial charge on any atom is -0.459 e. The van der Waals surface area contributed by atoms with Crippen LogP contribution < -0.4 is 5.73 Å². The third-order valence-corrected chi connectivity index (χ3v) is 2.94. The third kappa shape index (κ3) is 7.09. The minimum atomic E-state index is -4.20. The molecule has 0 amide bonds. The molecular formula is C13H23F3N2O2. The van der Waals surface area contributed by atoms with Gasteiger partial charge in [-0.1, -0.05) is 0 Å². The molecule has 1 fully saturated rings. The van der Waals surface area contributed by atoms with Crippen molar-refractivity contribution in [3.63, 3.8) is 0 Å². The van der Waals surface area contributed by atoms with E-state index in [4.69, 9.17) is 10.5 Å². The Morgan fingerprint density at radius 3 is 2.40 bits per heavy atom. The van der Waals surface area contributed by atoms with Crippen LogP contribution in [0, 0.1) is 5.92 Å². The molecular weight excluding hydrogens is 273 g/mol. The van der Waals surface area contributed by atoms with Gasteiger partial charge in [0.2, 0.25) is 0 Å². The van der Waals surface area contributed by atoms with Crippen molar-refractivity contribution in [3.05, 3.63) is 0 Å². The van der Waals surface area contributed by atoms with Crippen molar-refractivity contribution in [2.45, 2.75) is 51.4 Å². The van der Waals surface area contributed by atoms with E-state index >= 15 is 0 Å². The number of rotatable bonds is 3. The summed E-state index contributed by atoms with van der Waals surface area (Å²) in [6.45, 7) is 5.89. The molecule has 118 valence electrons. The SMILES string of the molecule is CC(C)(C)OC(=O)CN1CC(N)CC(CC(F)(F)F)C1. The van der Waals surface area contributed by atoms with Crippen LogP contribution in [0.1, 0.15) is 33.6 Å². The van der Waals surface area contributed by atoms with E-state index in [2.05, 4.69) is 0 Å². The second-order valence-electron chi connectivity index (χ2n) is 6.46. The molecule has 0 aromatic heterocycles. The lowest BCUT2D eigenvalue weighted by Gasteiger charge is -2.36. The highest BCUT2D eigenvalue weighted by atomic mass is 19.4. The average molecular weight is 296 g/mol. The normalized spacial score (nSPS) is 25.6. The zero-order valence-electron chi connectivity index (χ0n) is 12.2. The number of hydrogen-bond donors (Lipinski definition) is 1. The number of esters is 1. The zero-order chi connectivity index (χ0) is 15.6. The van der Waals surface area contributed by atoms with Gasteiger partial charge in [-0.05, 0) is 33.1 Å². The Labute approximate surface area is 117 Å². The van der Waals surface area contributed by atoms with Gasteiger partial charge in [-0.2, -0.15) is 13.2 Å². The molecule has 1 aliphatic heterocycles. The monoisotopic (exact) mass is 296 g/mol. The summed E-state index contributed by atoms with van der Waals surface area (Å²) in [6.07, 6.45) is -4.71. The van der Waals surface area contributed by atoms with Crippen LogP contribution in [0.3, 0.4) is 0 Å². The van der Waals surface area contributed by atoms with Gasteiger partial charge < -0.3 is 10.5 Å². The number of nitrogens with two attached hydrogens (primary N) is 1. The fourth-order valence-electron chi connectivity index (χ4n) is 2.51. The van der Waals surface area contributed by atoms with E-state index in [0.29, 0.717) is 13.0 Å². The van der Waals surface area contributed by atoms with Crippen LogP contribution in [0.2, 0.25) is 0 Å². The molecule has 4 nitrogen and oxygen atoms in total. The highest BCUT2D eigenvalue weighted by Crippen LogP contribution is 2.29. The number of nitrogens with zero attached hydrogens (tertiary/aromatic N) is 1. The standard InChI is InChI=1S/C13H23F3N2O2/c1-12(2,3)20-11(19)8-18-6-9(4-10(17)7-18)5-13(14,15)16/h9-10H,4-8,17H2,1-3H3. The van der Waals surface area contributed by atoms with Crippen molar-refractivity contribution < 1.29 is 22.7 Å². The summed E-state index contributed by atoms with van der Waals surface area (Å²) in [5, 5.41) is 0. The smallest absolute Gasteiger partial charge is 0.389 e. The predicted octanol–water partition coefficient (Wildman–Crippen LogP) is 1.93. The highest BCUT2D eigenvalue weighted by molar-refractivity contribution is 5.72. The Morgan fingerprint density at radius 2 is 1.90 bits per heavy atom. The lowest BCUT2D eigenvalue weighted by atomic mass is 9.92. The Hall–Kier alpha value is -0.820. The minimum absolute atomic E-state index is 0.0146. The average Bonchev–Trinajstić information content (AvgIpc) is 2.08. The first-order valence-electron chi connectivity index (χ1n) is 6.71. The number of alkyl halides is 3. The Balaban J connectivity index is 2.51. The summed E-state index contributed by atoms with van der Waals surface area (Å²) in [4.78, 5) is 13.3. The van der Waals surface area contributed by atoms with E-state index in [9.17, 15) is 18.0 Å². The first-order valence-corrected chi connectivity index (χ1v) is 6.71. The highest BCUT2D eigenvalue weighted by Gasteiger charge is 2.36. The number of ether oxygens (including phenoxy) is 1. The fraction of sp³-hybridized carbons (Fsp3) is 0.923. The van der Waals surface area contributed by atoms with E-state index in [1.54, 1.807) is 25.7 Å². The Kier molecular flexibility index (Phi) is 5.43. The van der Waals surface area contributed by atoms with E-state index in [1.165, 1.54) is 0 Å². The van der Waals surface area contributed by atoms with Crippen LogP contribution >= 0.6 is 0 Å². The van der Waals surface area contributed by atoms with Crippen LogP contribution in [0.5, 0.6) is 0 Å². The van der Waals surface area contributed by atoms with Crippen molar-refractivity contribution >= 4 is 5.97 Å². The molecule has 1 rings (SSSR count). The maximum atomic E-state index is 12.4. The van der Waals surface area contributed by atoms with Gasteiger partial charge in [0.25, 0.3) is 0 Å². The van der Waals surface area contributed by atoms with Gasteiger partial charge in [0.1, 0.15) is 5.60 Å². The lowest BCUT2D eigenvalue weighted by Crippen LogP contribution is -2.50. The second-order valence-corrected chi connectivity index (χ2v) is 6.46. The number of halogens is 3. The number of piperidine rings is 1. The maximum Gasteiger partial charge on any atom is 0.389 e. The van der Waals surface area contributed by atoms with Gasteiger partial charge >= 0.3 is 12.1 Å². The number of carbonyl (C=O) groups excluding carboxylic acids is 1. The molecule has 0 spiro atoms. The maximum absolute atomic E-state index is 12.4. The molecule has 0 aromatic rings. The molecule has 2 atom stereocenters. The molecule has 2 N–H and O–H groups in total. The molecule has 1 aliphatic rings. The van der Waals surface area contributed by atoms with Crippen molar-refractivity contribution in [2.24, 2.45) is 11.7 Å². The summed E-state index contributed by atoms with van der Waals surface area (Å²) in [6, 6.07) is -0.335. The lowest BCUT2D eigenvalue weighted by molar-refractivity contribution is -0.158. The van der Waals surface area contributed by atoms with Crippen molar-refractivity contribution in [3.8, 4) is 0 Å². The summed E-state index contributed by atoms with van der Waals surface area (Å²) < 4.78 is 42.5. The van der Waals surface area contributed by atoms with Gasteiger partial charge in [0.15, 0.2) is 0 Å². The van der Waals surface area contributed by atoms with Crippen molar-refractivity contribution in [1.29, 1.82) is 0 Å². The molecule has 1 heterocycles. The van der Waals surface area contributed by atoms with Crippen LogP contribution in [-0.4, -0.2) is 48.3 Å². The van der Waals surface area contributed by atoms with Gasteiger partial charge in [-0.15, -0.1) is 0 Å². The summed E-state index contributed by atoms with van der Waals surface area (Å²) in [7, 11) is 0. The summed E-state index contributed by atoms with van der Waals surface area (Å²) in [5.41, 5.74) is 5.18. The number of carbonyl (C=O) groups is 1. The molecule has 0 aliphatic carbocycles. The van der Waals surface area contributed by atoms with Gasteiger partial charge in [-0.3, -0.25) is 9.69 Å². The van der Waals surface area contributed by atoms with E-state index < -0.39 is 30.1 Å². The Morgan fingerprint density at radius 1 is 1.30 bits per heavy atom. The first-order chi connectivity index (χ1) is 8.94. The van der Waals surface area contributed by atoms with E-state index in [-0.39, 0.29) is 19.1 Å². The number of likely N-dealkylation sites (tertiary alicyclic amines) is 1. The van der Waals surface area contributed by atoms with Crippen LogP contribution in [0.15, 0.2) is 0 Å². The zero-order valence-corrected chi connectivity index (χ0v) is 12.2. The molecule has 20 heavy (non-hydrogen) atoms. The summed E-state index contributed by atoms with van der Waals surface area (Å²) >= 11 is 0. The topological polar surface area (TPSA) is 55.6 Å². The quantitative estimate of drug-likeness (QED) is 0.809. The number of hydrogen-bond acceptors (Lipinski definition) is 4.